The van der Waals surface area contributed by atoms with E-state index in [1.165, 1.54) is 22.5 Å². The lowest BCUT2D eigenvalue weighted by molar-refractivity contribution is -0.386. The van der Waals surface area contributed by atoms with E-state index in [-0.39, 0.29) is 16.5 Å². The molecule has 1 heterocycles. The van der Waals surface area contributed by atoms with Crippen molar-refractivity contribution in [2.24, 2.45) is 5.92 Å². The molecule has 1 atom stereocenters. The van der Waals surface area contributed by atoms with Gasteiger partial charge in [-0.1, -0.05) is 6.07 Å². The molecule has 1 aliphatic rings. The summed E-state index contributed by atoms with van der Waals surface area (Å²) >= 11 is 0. The number of nitro groups is 1. The summed E-state index contributed by atoms with van der Waals surface area (Å²) in [5.41, 5.74) is 4.83. The van der Waals surface area contributed by atoms with Gasteiger partial charge in [0.15, 0.2) is 4.90 Å². The number of rotatable bonds is 5. The highest BCUT2D eigenvalue weighted by atomic mass is 32.2. The summed E-state index contributed by atoms with van der Waals surface area (Å²) in [5.74, 6) is 0.102. The third-order valence-electron chi connectivity index (χ3n) is 3.48. The first-order chi connectivity index (χ1) is 9.87. The van der Waals surface area contributed by atoms with Crippen LogP contribution < -0.4 is 5.73 Å². The zero-order valence-corrected chi connectivity index (χ0v) is 12.4. The Morgan fingerprint density at radius 3 is 2.86 bits per heavy atom. The molecule has 0 amide bonds. The second-order valence-electron chi connectivity index (χ2n) is 4.92. The Bertz CT molecular complexity index is 646. The highest BCUT2D eigenvalue weighted by Crippen LogP contribution is 2.33. The summed E-state index contributed by atoms with van der Waals surface area (Å²) in [7, 11) is -2.38. The van der Waals surface area contributed by atoms with Crippen LogP contribution in [-0.2, 0) is 14.8 Å². The van der Waals surface area contributed by atoms with Gasteiger partial charge in [0.2, 0.25) is 10.0 Å². The molecule has 1 fully saturated rings. The van der Waals surface area contributed by atoms with E-state index in [2.05, 4.69) is 0 Å². The molecule has 0 aromatic heterocycles. The minimum absolute atomic E-state index is 0.102. The van der Waals surface area contributed by atoms with Crippen LogP contribution in [0.15, 0.2) is 23.1 Å². The molecule has 21 heavy (non-hydrogen) atoms. The molecule has 116 valence electrons. The molecule has 0 aliphatic carbocycles. The molecule has 0 spiro atoms. The van der Waals surface area contributed by atoms with Crippen LogP contribution in [0.25, 0.3) is 0 Å². The predicted molar refractivity (Wildman–Crippen MR) is 76.3 cm³/mol. The number of sulfonamides is 1. The molecular formula is C12H17N3O5S. The van der Waals surface area contributed by atoms with E-state index >= 15 is 0 Å². The number of benzene rings is 1. The topological polar surface area (TPSA) is 116 Å². The lowest BCUT2D eigenvalue weighted by Gasteiger charge is -2.17. The molecule has 1 aromatic rings. The normalized spacial score (nSPS) is 19.8. The number of hydrogen-bond acceptors (Lipinski definition) is 6. The van der Waals surface area contributed by atoms with E-state index in [9.17, 15) is 18.5 Å². The maximum atomic E-state index is 12.6. The van der Waals surface area contributed by atoms with Crippen molar-refractivity contribution in [2.75, 3.05) is 32.5 Å². The molecular weight excluding hydrogens is 298 g/mol. The van der Waals surface area contributed by atoms with E-state index in [0.29, 0.717) is 26.1 Å². The number of anilines is 1. The Labute approximate surface area is 122 Å². The zero-order chi connectivity index (χ0) is 15.6. The third kappa shape index (κ3) is 2.99. The molecule has 1 unspecified atom stereocenters. The van der Waals surface area contributed by atoms with Crippen LogP contribution in [0.1, 0.15) is 6.42 Å². The second kappa shape index (κ2) is 5.96. The molecule has 0 bridgehead atoms. The quantitative estimate of drug-likeness (QED) is 0.489. The first-order valence-corrected chi connectivity index (χ1v) is 7.84. The van der Waals surface area contributed by atoms with Crippen molar-refractivity contribution in [1.29, 1.82) is 0 Å². The summed E-state index contributed by atoms with van der Waals surface area (Å²) in [6, 6.07) is 3.93. The number of hydrogen-bond donors (Lipinski definition) is 1. The number of ether oxygens (including phenoxy) is 1. The lowest BCUT2D eigenvalue weighted by atomic mass is 10.1. The van der Waals surface area contributed by atoms with Crippen molar-refractivity contribution >= 4 is 21.4 Å². The van der Waals surface area contributed by atoms with Gasteiger partial charge in [-0.3, -0.25) is 10.1 Å². The van der Waals surface area contributed by atoms with E-state index in [1.807, 2.05) is 0 Å². The van der Waals surface area contributed by atoms with Gasteiger partial charge in [0.05, 0.1) is 11.5 Å². The summed E-state index contributed by atoms with van der Waals surface area (Å²) in [5, 5.41) is 11.1. The average Bonchev–Trinajstić information content (AvgIpc) is 2.87. The maximum Gasteiger partial charge on any atom is 0.312 e. The van der Waals surface area contributed by atoms with Gasteiger partial charge in [0.1, 0.15) is 5.69 Å². The molecule has 2 N–H and O–H groups in total. The van der Waals surface area contributed by atoms with E-state index < -0.39 is 20.6 Å². The maximum absolute atomic E-state index is 12.6. The molecule has 1 aromatic carbocycles. The van der Waals surface area contributed by atoms with Crippen LogP contribution in [0.2, 0.25) is 0 Å². The minimum Gasteiger partial charge on any atom is -0.393 e. The fourth-order valence-corrected chi connectivity index (χ4v) is 4.19. The smallest absolute Gasteiger partial charge is 0.312 e. The van der Waals surface area contributed by atoms with Crippen LogP contribution in [0.3, 0.4) is 0 Å². The van der Waals surface area contributed by atoms with Gasteiger partial charge in [0.25, 0.3) is 0 Å². The van der Waals surface area contributed by atoms with Crippen molar-refractivity contribution in [3.63, 3.8) is 0 Å². The van der Waals surface area contributed by atoms with Gasteiger partial charge in [-0.15, -0.1) is 0 Å². The van der Waals surface area contributed by atoms with Gasteiger partial charge in [-0.2, -0.15) is 4.31 Å². The largest absolute Gasteiger partial charge is 0.393 e. The fourth-order valence-electron chi connectivity index (χ4n) is 2.47. The number of nitrogens with zero attached hydrogens (tertiary/aromatic N) is 2. The van der Waals surface area contributed by atoms with Crippen LogP contribution >= 0.6 is 0 Å². The Hall–Kier alpha value is -1.71. The minimum atomic E-state index is -3.93. The van der Waals surface area contributed by atoms with E-state index in [4.69, 9.17) is 10.5 Å². The number of nitro benzene ring substituents is 1. The van der Waals surface area contributed by atoms with Gasteiger partial charge < -0.3 is 10.5 Å². The molecule has 8 nitrogen and oxygen atoms in total. The summed E-state index contributed by atoms with van der Waals surface area (Å²) < 4.78 is 31.4. The average molecular weight is 315 g/mol. The van der Waals surface area contributed by atoms with Crippen LogP contribution in [0.5, 0.6) is 0 Å². The molecule has 2 rings (SSSR count). The first kappa shape index (κ1) is 15.7. The van der Waals surface area contributed by atoms with Crippen molar-refractivity contribution in [3.8, 4) is 0 Å². The van der Waals surface area contributed by atoms with Crippen LogP contribution in [0, 0.1) is 16.0 Å². The van der Waals surface area contributed by atoms with Crippen molar-refractivity contribution in [2.45, 2.75) is 11.3 Å². The van der Waals surface area contributed by atoms with Crippen molar-refractivity contribution in [3.05, 3.63) is 28.3 Å². The van der Waals surface area contributed by atoms with E-state index in [1.54, 1.807) is 7.11 Å². The van der Waals surface area contributed by atoms with E-state index in [0.717, 1.165) is 0 Å². The SMILES string of the molecule is COCC1CCN(S(=O)(=O)c2cccc(N)c2[N+](=O)[O-])C1. The Morgan fingerprint density at radius 2 is 2.24 bits per heavy atom. The standard InChI is InChI=1S/C12H17N3O5S/c1-20-8-9-5-6-14(7-9)21(18,19)11-4-2-3-10(13)12(11)15(16)17/h2-4,9H,5-8,13H2,1H3. The Morgan fingerprint density at radius 1 is 1.52 bits per heavy atom. The van der Waals surface area contributed by atoms with Crippen LogP contribution in [-0.4, -0.2) is 44.5 Å². The molecule has 0 saturated carbocycles. The monoisotopic (exact) mass is 315 g/mol. The van der Waals surface area contributed by atoms with Crippen LogP contribution in [0.4, 0.5) is 11.4 Å². The van der Waals surface area contributed by atoms with Crippen molar-refractivity contribution in [1.82, 2.24) is 4.31 Å². The third-order valence-corrected chi connectivity index (χ3v) is 5.38. The Kier molecular flexibility index (Phi) is 4.45. The zero-order valence-electron chi connectivity index (χ0n) is 11.6. The number of methoxy groups -OCH3 is 1. The number of nitrogen functional groups attached to an aromatic ring is 1. The fraction of sp³-hybridized carbons (Fsp3) is 0.500. The summed E-state index contributed by atoms with van der Waals surface area (Å²) in [4.78, 5) is 9.98. The first-order valence-electron chi connectivity index (χ1n) is 6.40. The molecule has 1 aliphatic heterocycles. The van der Waals surface area contributed by atoms with Gasteiger partial charge in [-0.05, 0) is 24.5 Å². The Balaban J connectivity index is 2.38. The van der Waals surface area contributed by atoms with Gasteiger partial charge >= 0.3 is 5.69 Å². The predicted octanol–water partition coefficient (Wildman–Crippen LogP) is 0.834. The molecule has 0 radical (unpaired) electrons. The summed E-state index contributed by atoms with van der Waals surface area (Å²) in [6.45, 7) is 1.08. The number of nitrogens with two attached hydrogens (primary N) is 1. The molecule has 1 saturated heterocycles. The highest BCUT2D eigenvalue weighted by molar-refractivity contribution is 7.89. The number of para-hydroxylation sites is 1. The molecule has 9 heteroatoms. The van der Waals surface area contributed by atoms with Crippen molar-refractivity contribution < 1.29 is 18.1 Å². The highest BCUT2D eigenvalue weighted by Gasteiger charge is 2.37. The lowest BCUT2D eigenvalue weighted by Crippen LogP contribution is -2.30. The second-order valence-corrected chi connectivity index (χ2v) is 6.83. The van der Waals surface area contributed by atoms with Gasteiger partial charge in [-0.25, -0.2) is 8.42 Å². The summed E-state index contributed by atoms with van der Waals surface area (Å²) in [6.07, 6.45) is 0.670. The van der Waals surface area contributed by atoms with Gasteiger partial charge in [0, 0.05) is 20.2 Å².